The van der Waals surface area contributed by atoms with Gasteiger partial charge in [0.1, 0.15) is 22.9 Å². The van der Waals surface area contributed by atoms with Crippen LogP contribution >= 0.6 is 15.9 Å². The first-order valence-corrected chi connectivity index (χ1v) is 12.0. The normalized spacial score (nSPS) is 17.9. The molecule has 3 heterocycles. The van der Waals surface area contributed by atoms with E-state index in [1.54, 1.807) is 17.0 Å². The molecule has 1 saturated heterocycles. The average molecular weight is 550 g/mol. The topological polar surface area (TPSA) is 58.0 Å². The molecule has 6 nitrogen and oxygen atoms in total. The molecule has 0 bridgehead atoms. The number of benzene rings is 2. The number of piperidine rings is 1. The third kappa shape index (κ3) is 4.90. The molecule has 1 aromatic heterocycles. The predicted molar refractivity (Wildman–Crippen MR) is 128 cm³/mol. The van der Waals surface area contributed by atoms with Gasteiger partial charge in [0, 0.05) is 41.8 Å². The fourth-order valence-corrected chi connectivity index (χ4v) is 5.17. The highest BCUT2D eigenvalue weighted by atomic mass is 79.9. The first kappa shape index (κ1) is 23.7. The van der Waals surface area contributed by atoms with Crippen molar-refractivity contribution >= 4 is 33.2 Å². The monoisotopic (exact) mass is 549 g/mol. The highest BCUT2D eigenvalue weighted by Gasteiger charge is 2.47. The number of hydrogen-bond donors (Lipinski definition) is 1. The lowest BCUT2D eigenvalue weighted by atomic mass is 9.89. The lowest BCUT2D eigenvalue weighted by Gasteiger charge is -2.52. The number of rotatable bonds is 4. The number of nitrogens with one attached hydrogen (secondary N) is 1. The molecular weight excluding hydrogens is 527 g/mol. The number of carbonyl (C=O) groups excluding carboxylic acids is 1. The van der Waals surface area contributed by atoms with Gasteiger partial charge in [0.05, 0.1) is 12.1 Å². The highest BCUT2D eigenvalue weighted by Crippen LogP contribution is 2.42. The fourth-order valence-electron chi connectivity index (χ4n) is 4.81. The molecular formula is C25H23BrF3N3O3. The molecule has 3 aromatic rings. The third-order valence-electron chi connectivity index (χ3n) is 6.40. The number of furan rings is 1. The molecule has 2 aromatic carbocycles. The van der Waals surface area contributed by atoms with Crippen LogP contribution in [0.2, 0.25) is 0 Å². The molecule has 184 valence electrons. The maximum absolute atomic E-state index is 13.7. The van der Waals surface area contributed by atoms with E-state index < -0.39 is 12.0 Å². The van der Waals surface area contributed by atoms with E-state index in [4.69, 9.17) is 4.42 Å². The highest BCUT2D eigenvalue weighted by molar-refractivity contribution is 9.10. The summed E-state index contributed by atoms with van der Waals surface area (Å²) >= 11 is 3.47. The van der Waals surface area contributed by atoms with Gasteiger partial charge in [-0.3, -0.25) is 14.6 Å². The smallest absolute Gasteiger partial charge is 0.465 e. The zero-order chi connectivity index (χ0) is 24.8. The average Bonchev–Trinajstić information content (AvgIpc) is 3.20. The Kier molecular flexibility index (Phi) is 6.04. The van der Waals surface area contributed by atoms with Gasteiger partial charge in [-0.2, -0.15) is 0 Å². The summed E-state index contributed by atoms with van der Waals surface area (Å²) in [5.74, 6) is 1.21. The molecule has 1 fully saturated rings. The van der Waals surface area contributed by atoms with Crippen molar-refractivity contribution in [1.29, 1.82) is 0 Å². The molecule has 0 unspecified atom stereocenters. The number of fused-ring (bicyclic) bond motifs is 1. The van der Waals surface area contributed by atoms with Crippen molar-refractivity contribution in [3.8, 4) is 5.75 Å². The van der Waals surface area contributed by atoms with Crippen LogP contribution in [0.5, 0.6) is 5.75 Å². The summed E-state index contributed by atoms with van der Waals surface area (Å²) in [6.07, 6.45) is -3.55. The second kappa shape index (κ2) is 8.91. The molecule has 5 rings (SSSR count). The number of halogens is 4. The Morgan fingerprint density at radius 3 is 2.43 bits per heavy atom. The SMILES string of the molecule is Cc1ccc(CN2CCC3(CC2)Nc2cc(Br)ccc2C(=O)N3c2ccc(OC(F)(F)F)cc2)o1. The summed E-state index contributed by atoms with van der Waals surface area (Å²) in [6, 6.07) is 14.8. The van der Waals surface area contributed by atoms with E-state index in [1.807, 2.05) is 25.1 Å². The number of amides is 1. The molecule has 0 atom stereocenters. The summed E-state index contributed by atoms with van der Waals surface area (Å²) < 4.78 is 48.4. The van der Waals surface area contributed by atoms with Gasteiger partial charge in [0.15, 0.2) is 0 Å². The Labute approximate surface area is 208 Å². The largest absolute Gasteiger partial charge is 0.573 e. The number of nitrogens with zero attached hydrogens (tertiary/aromatic N) is 2. The van der Waals surface area contributed by atoms with E-state index >= 15 is 0 Å². The van der Waals surface area contributed by atoms with E-state index in [0.29, 0.717) is 43.7 Å². The summed E-state index contributed by atoms with van der Waals surface area (Å²) in [5.41, 5.74) is 1.00. The maximum Gasteiger partial charge on any atom is 0.573 e. The molecule has 0 saturated carbocycles. The van der Waals surface area contributed by atoms with Crippen LogP contribution < -0.4 is 15.0 Å². The zero-order valence-corrected chi connectivity index (χ0v) is 20.4. The zero-order valence-electron chi connectivity index (χ0n) is 18.9. The van der Waals surface area contributed by atoms with Gasteiger partial charge in [-0.05, 0) is 61.5 Å². The number of likely N-dealkylation sites (tertiary alicyclic amines) is 1. The first-order chi connectivity index (χ1) is 16.6. The quantitative estimate of drug-likeness (QED) is 0.413. The lowest BCUT2D eigenvalue weighted by molar-refractivity contribution is -0.274. The van der Waals surface area contributed by atoms with E-state index in [9.17, 15) is 18.0 Å². The van der Waals surface area contributed by atoms with Gasteiger partial charge < -0.3 is 14.5 Å². The summed E-state index contributed by atoms with van der Waals surface area (Å²) in [7, 11) is 0. The Balaban J connectivity index is 1.45. The number of alkyl halides is 3. The first-order valence-electron chi connectivity index (χ1n) is 11.2. The number of ether oxygens (including phenoxy) is 1. The van der Waals surface area contributed by atoms with Crippen LogP contribution in [0, 0.1) is 6.92 Å². The van der Waals surface area contributed by atoms with Crippen molar-refractivity contribution in [2.75, 3.05) is 23.3 Å². The van der Waals surface area contributed by atoms with Crippen molar-refractivity contribution in [3.05, 3.63) is 76.2 Å². The number of aryl methyl sites for hydroxylation is 1. The van der Waals surface area contributed by atoms with E-state index in [-0.39, 0.29) is 11.7 Å². The predicted octanol–water partition coefficient (Wildman–Crippen LogP) is 6.31. The van der Waals surface area contributed by atoms with Crippen LogP contribution in [0.4, 0.5) is 24.5 Å². The van der Waals surface area contributed by atoms with E-state index in [0.717, 1.165) is 21.7 Å². The minimum atomic E-state index is -4.78. The van der Waals surface area contributed by atoms with Gasteiger partial charge in [0.25, 0.3) is 5.91 Å². The summed E-state index contributed by atoms with van der Waals surface area (Å²) in [4.78, 5) is 17.7. The molecule has 0 aliphatic carbocycles. The Morgan fingerprint density at radius 2 is 1.80 bits per heavy atom. The molecule has 0 radical (unpaired) electrons. The van der Waals surface area contributed by atoms with Gasteiger partial charge in [0.2, 0.25) is 0 Å². The molecule has 1 spiro atoms. The van der Waals surface area contributed by atoms with Crippen molar-refractivity contribution in [2.45, 2.75) is 38.3 Å². The van der Waals surface area contributed by atoms with Crippen LogP contribution in [0.1, 0.15) is 34.7 Å². The molecule has 2 aliphatic heterocycles. The second-order valence-electron chi connectivity index (χ2n) is 8.82. The fraction of sp³-hybridized carbons (Fsp3) is 0.320. The van der Waals surface area contributed by atoms with Crippen LogP contribution in [-0.4, -0.2) is 35.9 Å². The second-order valence-corrected chi connectivity index (χ2v) is 9.73. The van der Waals surface area contributed by atoms with Crippen LogP contribution in [0.15, 0.2) is 63.5 Å². The molecule has 2 aliphatic rings. The third-order valence-corrected chi connectivity index (χ3v) is 6.89. The van der Waals surface area contributed by atoms with Crippen molar-refractivity contribution in [2.24, 2.45) is 0 Å². The number of hydrogen-bond acceptors (Lipinski definition) is 5. The molecule has 35 heavy (non-hydrogen) atoms. The van der Waals surface area contributed by atoms with Crippen molar-refractivity contribution in [3.63, 3.8) is 0 Å². The van der Waals surface area contributed by atoms with Crippen LogP contribution in [0.3, 0.4) is 0 Å². The minimum Gasteiger partial charge on any atom is -0.465 e. The van der Waals surface area contributed by atoms with Gasteiger partial charge in [-0.15, -0.1) is 13.2 Å². The van der Waals surface area contributed by atoms with E-state index in [1.165, 1.54) is 24.3 Å². The lowest BCUT2D eigenvalue weighted by Crippen LogP contribution is -2.64. The minimum absolute atomic E-state index is 0.203. The Morgan fingerprint density at radius 1 is 1.09 bits per heavy atom. The molecule has 10 heteroatoms. The molecule has 1 N–H and O–H groups in total. The summed E-state index contributed by atoms with van der Waals surface area (Å²) in [6.45, 7) is 3.98. The standard InChI is InChI=1S/C25H23BrF3N3O3/c1-16-2-6-20(34-16)15-31-12-10-24(11-13-31)30-22-14-17(26)3-9-21(22)23(33)32(24)18-4-7-19(8-5-18)35-25(27,28)29/h2-9,14,30H,10-13,15H2,1H3. The Hall–Kier alpha value is -2.98. The van der Waals surface area contributed by atoms with Crippen molar-refractivity contribution in [1.82, 2.24) is 4.90 Å². The number of carbonyl (C=O) groups is 1. The maximum atomic E-state index is 13.7. The summed E-state index contributed by atoms with van der Waals surface area (Å²) in [5, 5.41) is 3.59. The Bertz CT molecular complexity index is 1230. The van der Waals surface area contributed by atoms with Gasteiger partial charge in [-0.25, -0.2) is 0 Å². The molecule has 1 amide bonds. The number of anilines is 2. The van der Waals surface area contributed by atoms with Crippen molar-refractivity contribution < 1.29 is 27.1 Å². The van der Waals surface area contributed by atoms with Crippen LogP contribution in [-0.2, 0) is 6.54 Å². The van der Waals surface area contributed by atoms with Gasteiger partial charge in [-0.1, -0.05) is 15.9 Å². The van der Waals surface area contributed by atoms with Gasteiger partial charge >= 0.3 is 6.36 Å². The van der Waals surface area contributed by atoms with Crippen LogP contribution in [0.25, 0.3) is 0 Å². The van der Waals surface area contributed by atoms with E-state index in [2.05, 4.69) is 30.9 Å².